The summed E-state index contributed by atoms with van der Waals surface area (Å²) in [6.07, 6.45) is 3.40. The highest BCUT2D eigenvalue weighted by Gasteiger charge is 2.43. The Morgan fingerprint density at radius 1 is 1.33 bits per heavy atom. The third-order valence-electron chi connectivity index (χ3n) is 4.21. The molecule has 1 aromatic heterocycles. The fourth-order valence-electron chi connectivity index (χ4n) is 3.46. The zero-order valence-corrected chi connectivity index (χ0v) is 11.7. The van der Waals surface area contributed by atoms with Crippen LogP contribution in [-0.4, -0.2) is 34.1 Å². The van der Waals surface area contributed by atoms with Crippen molar-refractivity contribution in [2.45, 2.75) is 57.7 Å². The smallest absolute Gasteiger partial charge is 0.255 e. The highest BCUT2D eigenvalue weighted by molar-refractivity contribution is 7.12. The molecule has 2 unspecified atom stereocenters. The third-order valence-corrected chi connectivity index (χ3v) is 5.18. The van der Waals surface area contributed by atoms with Crippen LogP contribution in [0.5, 0.6) is 0 Å². The van der Waals surface area contributed by atoms with Gasteiger partial charge in [0.15, 0.2) is 0 Å². The number of hydrogen-bond donors (Lipinski definition) is 1. The lowest BCUT2D eigenvalue weighted by atomic mass is 9.99. The largest absolute Gasteiger partial charge is 0.393 e. The molecule has 18 heavy (non-hydrogen) atoms. The van der Waals surface area contributed by atoms with Crippen molar-refractivity contribution in [3.8, 4) is 0 Å². The molecule has 1 aromatic rings. The summed E-state index contributed by atoms with van der Waals surface area (Å²) in [5.41, 5.74) is 0.866. The van der Waals surface area contributed by atoms with Crippen LogP contribution >= 0.6 is 11.3 Å². The second-order valence-electron chi connectivity index (χ2n) is 5.55. The first-order valence-corrected chi connectivity index (χ1v) is 7.45. The van der Waals surface area contributed by atoms with Gasteiger partial charge in [-0.2, -0.15) is 0 Å². The maximum atomic E-state index is 12.7. The van der Waals surface area contributed by atoms with Gasteiger partial charge in [0.2, 0.25) is 0 Å². The number of aryl methyl sites for hydroxylation is 2. The molecule has 3 nitrogen and oxygen atoms in total. The second-order valence-corrected chi connectivity index (χ2v) is 7.01. The molecule has 0 aliphatic carbocycles. The average Bonchev–Trinajstić information content (AvgIpc) is 2.76. The van der Waals surface area contributed by atoms with E-state index in [4.69, 9.17) is 0 Å². The van der Waals surface area contributed by atoms with Crippen LogP contribution in [0.4, 0.5) is 0 Å². The molecule has 1 amide bonds. The first-order valence-electron chi connectivity index (χ1n) is 6.64. The Kier molecular flexibility index (Phi) is 2.94. The highest BCUT2D eigenvalue weighted by Crippen LogP contribution is 2.37. The van der Waals surface area contributed by atoms with Crippen molar-refractivity contribution < 1.29 is 9.90 Å². The van der Waals surface area contributed by atoms with E-state index in [1.54, 1.807) is 11.3 Å². The molecule has 98 valence electrons. The number of rotatable bonds is 1. The summed E-state index contributed by atoms with van der Waals surface area (Å²) in [6, 6.07) is 2.52. The van der Waals surface area contributed by atoms with Crippen molar-refractivity contribution in [3.63, 3.8) is 0 Å². The number of aliphatic hydroxyl groups is 1. The van der Waals surface area contributed by atoms with Gasteiger partial charge in [-0.15, -0.1) is 11.3 Å². The lowest BCUT2D eigenvalue weighted by molar-refractivity contribution is 0.0287. The van der Waals surface area contributed by atoms with Crippen LogP contribution in [0.3, 0.4) is 0 Å². The molecule has 2 aliphatic heterocycles. The molecule has 3 rings (SSSR count). The van der Waals surface area contributed by atoms with E-state index in [0.717, 1.165) is 36.1 Å². The Labute approximate surface area is 111 Å². The normalized spacial score (nSPS) is 30.8. The van der Waals surface area contributed by atoms with E-state index in [-0.39, 0.29) is 24.1 Å². The monoisotopic (exact) mass is 265 g/mol. The molecule has 2 atom stereocenters. The van der Waals surface area contributed by atoms with Crippen LogP contribution in [0, 0.1) is 13.8 Å². The topological polar surface area (TPSA) is 40.5 Å². The third kappa shape index (κ3) is 1.88. The minimum absolute atomic E-state index is 0.177. The summed E-state index contributed by atoms with van der Waals surface area (Å²) >= 11 is 1.69. The van der Waals surface area contributed by atoms with E-state index in [9.17, 15) is 9.90 Å². The standard InChI is InChI=1S/C14H19NO2S/c1-8-5-13(9(2)18-8)14(17)15-10-3-4-11(15)7-12(16)6-10/h5,10-12,16H,3-4,6-7H2,1-2H3. The molecular formula is C14H19NO2S. The molecule has 1 N–H and O–H groups in total. The fraction of sp³-hybridized carbons (Fsp3) is 0.643. The lowest BCUT2D eigenvalue weighted by Gasteiger charge is -2.37. The van der Waals surface area contributed by atoms with Crippen molar-refractivity contribution in [1.82, 2.24) is 4.90 Å². The number of carbonyl (C=O) groups is 1. The lowest BCUT2D eigenvalue weighted by Crippen LogP contribution is -2.48. The Morgan fingerprint density at radius 2 is 1.94 bits per heavy atom. The summed E-state index contributed by atoms with van der Waals surface area (Å²) in [5.74, 6) is 0.177. The molecule has 2 fully saturated rings. The van der Waals surface area contributed by atoms with E-state index in [1.165, 1.54) is 4.88 Å². The van der Waals surface area contributed by atoms with Crippen LogP contribution < -0.4 is 0 Å². The van der Waals surface area contributed by atoms with Crippen molar-refractivity contribution in [2.75, 3.05) is 0 Å². The number of amides is 1. The number of nitrogens with zero attached hydrogens (tertiary/aromatic N) is 1. The average molecular weight is 265 g/mol. The van der Waals surface area contributed by atoms with E-state index in [2.05, 4.69) is 0 Å². The SMILES string of the molecule is Cc1cc(C(=O)N2C3CCC2CC(O)C3)c(C)s1. The van der Waals surface area contributed by atoms with Crippen LogP contribution in [0.2, 0.25) is 0 Å². The van der Waals surface area contributed by atoms with Crippen LogP contribution in [0.25, 0.3) is 0 Å². The van der Waals surface area contributed by atoms with Crippen LogP contribution in [0.15, 0.2) is 6.07 Å². The minimum Gasteiger partial charge on any atom is -0.393 e. The molecule has 0 saturated carbocycles. The summed E-state index contributed by atoms with van der Waals surface area (Å²) in [6.45, 7) is 4.06. The molecule has 4 heteroatoms. The molecule has 0 aromatic carbocycles. The van der Waals surface area contributed by atoms with Crippen molar-refractivity contribution in [1.29, 1.82) is 0 Å². The van der Waals surface area contributed by atoms with Crippen LogP contribution in [0.1, 0.15) is 45.8 Å². The van der Waals surface area contributed by atoms with E-state index < -0.39 is 0 Å². The maximum absolute atomic E-state index is 12.7. The molecule has 2 aliphatic rings. The van der Waals surface area contributed by atoms with Gasteiger partial charge >= 0.3 is 0 Å². The van der Waals surface area contributed by atoms with Gasteiger partial charge in [0.1, 0.15) is 0 Å². The maximum Gasteiger partial charge on any atom is 0.255 e. The minimum atomic E-state index is -0.211. The highest BCUT2D eigenvalue weighted by atomic mass is 32.1. The summed E-state index contributed by atoms with van der Waals surface area (Å²) in [7, 11) is 0. The van der Waals surface area contributed by atoms with E-state index in [0.29, 0.717) is 0 Å². The number of fused-ring (bicyclic) bond motifs is 2. The Balaban J connectivity index is 1.88. The quantitative estimate of drug-likeness (QED) is 0.847. The zero-order valence-electron chi connectivity index (χ0n) is 10.8. The zero-order chi connectivity index (χ0) is 12.9. The van der Waals surface area contributed by atoms with Gasteiger partial charge < -0.3 is 10.0 Å². The van der Waals surface area contributed by atoms with Gasteiger partial charge in [-0.05, 0) is 45.6 Å². The van der Waals surface area contributed by atoms with E-state index in [1.807, 2.05) is 24.8 Å². The Bertz CT molecular complexity index is 468. The van der Waals surface area contributed by atoms with Gasteiger partial charge in [-0.1, -0.05) is 0 Å². The Morgan fingerprint density at radius 3 is 2.44 bits per heavy atom. The molecule has 0 radical (unpaired) electrons. The number of carbonyl (C=O) groups excluding carboxylic acids is 1. The van der Waals surface area contributed by atoms with Crippen molar-refractivity contribution >= 4 is 17.2 Å². The number of piperidine rings is 1. The molecular weight excluding hydrogens is 246 g/mol. The molecule has 3 heterocycles. The molecule has 2 bridgehead atoms. The predicted molar refractivity (Wildman–Crippen MR) is 72.0 cm³/mol. The van der Waals surface area contributed by atoms with Gasteiger partial charge in [-0.25, -0.2) is 0 Å². The van der Waals surface area contributed by atoms with Crippen LogP contribution in [-0.2, 0) is 0 Å². The number of aliphatic hydroxyl groups excluding tert-OH is 1. The first kappa shape index (κ1) is 12.2. The first-order chi connectivity index (χ1) is 8.56. The van der Waals surface area contributed by atoms with E-state index >= 15 is 0 Å². The predicted octanol–water partition coefficient (Wildman–Crippen LogP) is 2.49. The van der Waals surface area contributed by atoms with Gasteiger partial charge in [0.25, 0.3) is 5.91 Å². The molecule has 2 saturated heterocycles. The summed E-state index contributed by atoms with van der Waals surface area (Å²) in [4.78, 5) is 17.0. The Hall–Kier alpha value is -0.870. The second kappa shape index (κ2) is 4.35. The van der Waals surface area contributed by atoms with Gasteiger partial charge in [-0.3, -0.25) is 4.79 Å². The van der Waals surface area contributed by atoms with Crippen molar-refractivity contribution in [2.24, 2.45) is 0 Å². The summed E-state index contributed by atoms with van der Waals surface area (Å²) in [5, 5.41) is 9.78. The summed E-state index contributed by atoms with van der Waals surface area (Å²) < 4.78 is 0. The van der Waals surface area contributed by atoms with Gasteiger partial charge in [0.05, 0.1) is 11.7 Å². The number of thiophene rings is 1. The van der Waals surface area contributed by atoms with Crippen molar-refractivity contribution in [3.05, 3.63) is 21.4 Å². The fourth-order valence-corrected chi connectivity index (χ4v) is 4.38. The molecule has 0 spiro atoms. The number of hydrogen-bond acceptors (Lipinski definition) is 3. The van der Waals surface area contributed by atoms with Gasteiger partial charge in [0, 0.05) is 21.8 Å².